The first-order chi connectivity index (χ1) is 19.5. The highest BCUT2D eigenvalue weighted by atomic mass is 31.2. The van der Waals surface area contributed by atoms with Crippen LogP contribution in [0.4, 0.5) is 5.82 Å². The Morgan fingerprint density at radius 2 is 1.48 bits per heavy atom. The Morgan fingerprint density at radius 1 is 0.875 bits per heavy atom. The van der Waals surface area contributed by atoms with Crippen molar-refractivity contribution in [1.82, 2.24) is 19.5 Å². The number of nitrogens with zero attached hydrogens (tertiary/aromatic N) is 4. The van der Waals surface area contributed by atoms with E-state index >= 15 is 0 Å². The predicted octanol–water partition coefficient (Wildman–Crippen LogP) is 5.83. The van der Waals surface area contributed by atoms with E-state index in [-0.39, 0.29) is 25.6 Å². The maximum absolute atomic E-state index is 12.3. The fourth-order valence-electron chi connectivity index (χ4n) is 4.52. The van der Waals surface area contributed by atoms with Crippen LogP contribution in [0.15, 0.2) is 12.7 Å². The minimum atomic E-state index is -3.96. The number of fused-ring (bicyclic) bond motifs is 1. The highest BCUT2D eigenvalue weighted by molar-refractivity contribution is 7.52. The monoisotopic (exact) mass is 585 g/mol. The lowest BCUT2D eigenvalue weighted by Crippen LogP contribution is -2.24. The summed E-state index contributed by atoms with van der Waals surface area (Å²) in [4.78, 5) is 22.3. The van der Waals surface area contributed by atoms with Crippen LogP contribution in [0, 0.1) is 0 Å². The molecule has 1 unspecified atom stereocenters. The number of aromatic nitrogens is 4. The lowest BCUT2D eigenvalue weighted by molar-refractivity contribution is 0.0175. The number of aliphatic hydroxyl groups is 1. The minimum absolute atomic E-state index is 0.0992. The fraction of sp³-hybridized carbons (Fsp3) is 0.821. The lowest BCUT2D eigenvalue weighted by Gasteiger charge is -2.19. The Balaban J connectivity index is 1.41. The molecule has 0 spiro atoms. The molecule has 4 N–H and O–H groups in total. The summed E-state index contributed by atoms with van der Waals surface area (Å²) >= 11 is 0. The molecule has 0 fully saturated rings. The molecule has 0 aliphatic rings. The van der Waals surface area contributed by atoms with Crippen LogP contribution in [0.25, 0.3) is 11.2 Å². The number of aliphatic hydroxyl groups excluding tert-OH is 1. The number of nitrogen functional groups attached to an aromatic ring is 1. The maximum atomic E-state index is 12.3. The molecule has 2 heterocycles. The molecule has 0 saturated heterocycles. The first-order valence-electron chi connectivity index (χ1n) is 15.1. The second kappa shape index (κ2) is 21.1. The fourth-order valence-corrected chi connectivity index (χ4v) is 5.41. The number of rotatable bonds is 26. The second-order valence-corrected chi connectivity index (χ2v) is 12.3. The third kappa shape index (κ3) is 14.8. The van der Waals surface area contributed by atoms with Crippen LogP contribution in [0.5, 0.6) is 0 Å². The summed E-state index contributed by atoms with van der Waals surface area (Å²) in [5.41, 5.74) is 6.73. The third-order valence-electron chi connectivity index (χ3n) is 6.88. The maximum Gasteiger partial charge on any atom is 0.353 e. The van der Waals surface area contributed by atoms with E-state index in [1.165, 1.54) is 96.1 Å². The van der Waals surface area contributed by atoms with Gasteiger partial charge in [-0.1, -0.05) is 90.4 Å². The van der Waals surface area contributed by atoms with E-state index in [1.807, 2.05) is 0 Å². The van der Waals surface area contributed by atoms with Gasteiger partial charge in [0, 0.05) is 13.2 Å². The van der Waals surface area contributed by atoms with E-state index in [9.17, 15) is 14.6 Å². The van der Waals surface area contributed by atoms with Crippen LogP contribution >= 0.6 is 7.60 Å². The van der Waals surface area contributed by atoms with Gasteiger partial charge in [0.1, 0.15) is 18.2 Å². The number of nitrogens with two attached hydrogens (primary N) is 1. The Labute approximate surface area is 239 Å². The first-order valence-corrected chi connectivity index (χ1v) is 16.9. The van der Waals surface area contributed by atoms with E-state index in [1.54, 1.807) is 4.57 Å². The lowest BCUT2D eigenvalue weighted by atomic mass is 10.0. The number of imidazole rings is 1. The molecule has 2 aromatic heterocycles. The zero-order valence-corrected chi connectivity index (χ0v) is 25.3. The number of unbranched alkanes of at least 4 members (excludes halogenated alkanes) is 13. The SMILES string of the molecule is CCCCCCCCCCCCCCCCOCCCOP(=O)(O)CO[C@@H](CO)Cn1cnc2c(N)ncnc21. The van der Waals surface area contributed by atoms with Gasteiger partial charge in [-0.15, -0.1) is 0 Å². The van der Waals surface area contributed by atoms with Gasteiger partial charge >= 0.3 is 7.60 Å². The van der Waals surface area contributed by atoms with E-state index in [2.05, 4.69) is 21.9 Å². The predicted molar refractivity (Wildman–Crippen MR) is 158 cm³/mol. The van der Waals surface area contributed by atoms with Gasteiger partial charge < -0.3 is 34.3 Å². The van der Waals surface area contributed by atoms with Crippen LogP contribution in [-0.4, -0.2) is 68.4 Å². The van der Waals surface area contributed by atoms with E-state index in [0.29, 0.717) is 30.8 Å². The summed E-state index contributed by atoms with van der Waals surface area (Å²) in [6, 6.07) is 0. The van der Waals surface area contributed by atoms with Gasteiger partial charge in [0.15, 0.2) is 11.5 Å². The van der Waals surface area contributed by atoms with Crippen molar-refractivity contribution in [2.24, 2.45) is 0 Å². The number of hydrogen-bond acceptors (Lipinski definition) is 9. The number of anilines is 1. The van der Waals surface area contributed by atoms with Gasteiger partial charge in [-0.2, -0.15) is 0 Å². The number of ether oxygens (including phenoxy) is 2. The van der Waals surface area contributed by atoms with Gasteiger partial charge in [0.25, 0.3) is 0 Å². The molecule has 0 aromatic carbocycles. The van der Waals surface area contributed by atoms with Crippen LogP contribution in [0.1, 0.15) is 103 Å². The van der Waals surface area contributed by atoms with Crippen molar-refractivity contribution in [3.8, 4) is 0 Å². The van der Waals surface area contributed by atoms with Crippen molar-refractivity contribution in [2.45, 2.75) is 116 Å². The van der Waals surface area contributed by atoms with E-state index < -0.39 is 20.0 Å². The zero-order chi connectivity index (χ0) is 28.9. The molecule has 2 rings (SSSR count). The van der Waals surface area contributed by atoms with Crippen LogP contribution in [0.2, 0.25) is 0 Å². The zero-order valence-electron chi connectivity index (χ0n) is 24.4. The Bertz CT molecular complexity index is 962. The molecular formula is C28H52N5O6P. The molecule has 40 heavy (non-hydrogen) atoms. The van der Waals surface area contributed by atoms with Crippen molar-refractivity contribution in [3.05, 3.63) is 12.7 Å². The van der Waals surface area contributed by atoms with Gasteiger partial charge in [-0.05, 0) is 12.8 Å². The average Bonchev–Trinajstić information content (AvgIpc) is 3.36. The molecule has 230 valence electrons. The summed E-state index contributed by atoms with van der Waals surface area (Å²) in [6.45, 7) is 3.37. The molecule has 0 saturated carbocycles. The van der Waals surface area contributed by atoms with Crippen molar-refractivity contribution >= 4 is 24.6 Å². The minimum Gasteiger partial charge on any atom is -0.394 e. The molecule has 12 heteroatoms. The Hall–Kier alpha value is -1.62. The molecule has 2 atom stereocenters. The van der Waals surface area contributed by atoms with Crippen molar-refractivity contribution < 1.29 is 28.6 Å². The molecule has 0 aliphatic carbocycles. The summed E-state index contributed by atoms with van der Waals surface area (Å²) in [7, 11) is -3.96. The largest absolute Gasteiger partial charge is 0.394 e. The van der Waals surface area contributed by atoms with Gasteiger partial charge in [0.05, 0.1) is 32.2 Å². The van der Waals surface area contributed by atoms with Gasteiger partial charge in [-0.25, -0.2) is 15.0 Å². The Morgan fingerprint density at radius 3 is 2.10 bits per heavy atom. The Kier molecular flexibility index (Phi) is 18.3. The smallest absolute Gasteiger partial charge is 0.353 e. The highest BCUT2D eigenvalue weighted by Gasteiger charge is 2.23. The van der Waals surface area contributed by atoms with Crippen LogP contribution in [0.3, 0.4) is 0 Å². The first kappa shape index (κ1) is 34.6. The van der Waals surface area contributed by atoms with E-state index in [0.717, 1.165) is 6.42 Å². The second-order valence-electron chi connectivity index (χ2n) is 10.5. The number of hydrogen-bond donors (Lipinski definition) is 3. The average molecular weight is 586 g/mol. The third-order valence-corrected chi connectivity index (χ3v) is 7.94. The summed E-state index contributed by atoms with van der Waals surface area (Å²) in [5.74, 6) is 0.252. The van der Waals surface area contributed by atoms with Gasteiger partial charge in [0.2, 0.25) is 0 Å². The molecule has 0 bridgehead atoms. The molecule has 0 radical (unpaired) electrons. The summed E-state index contributed by atoms with van der Waals surface area (Å²) in [5, 5.41) is 9.65. The van der Waals surface area contributed by atoms with Crippen molar-refractivity contribution in [2.75, 3.05) is 38.5 Å². The molecule has 2 aromatic rings. The van der Waals surface area contributed by atoms with Crippen molar-refractivity contribution in [1.29, 1.82) is 0 Å². The van der Waals surface area contributed by atoms with Crippen molar-refractivity contribution in [3.63, 3.8) is 0 Å². The van der Waals surface area contributed by atoms with Gasteiger partial charge in [-0.3, -0.25) is 4.57 Å². The standard InChI is InChI=1S/C28H52N5O6P/c1-2-3-4-5-6-7-8-9-10-11-12-13-14-15-17-37-18-16-19-39-40(35,36)24-38-25(21-34)20-33-23-32-26-27(29)30-22-31-28(26)33/h22-23,25,34H,2-21,24H2,1H3,(H,35,36)(H2,29,30,31)/t25-/m1/s1. The normalized spacial score (nSPS) is 14.1. The molecule has 11 nitrogen and oxygen atoms in total. The topological polar surface area (TPSA) is 155 Å². The van der Waals surface area contributed by atoms with Crippen LogP contribution in [-0.2, 0) is 25.1 Å². The summed E-state index contributed by atoms with van der Waals surface area (Å²) < 4.78 is 30.2. The quantitative estimate of drug-likeness (QED) is 0.0906. The molecule has 0 amide bonds. The van der Waals surface area contributed by atoms with Crippen LogP contribution < -0.4 is 5.73 Å². The summed E-state index contributed by atoms with van der Waals surface area (Å²) in [6.07, 6.45) is 20.7. The molecule has 0 aliphatic heterocycles. The van der Waals surface area contributed by atoms with E-state index in [4.69, 9.17) is 19.7 Å². The highest BCUT2D eigenvalue weighted by Crippen LogP contribution is 2.42. The molecular weight excluding hydrogens is 533 g/mol.